The minimum atomic E-state index is -0.210. The molecule has 8 heteroatoms. The molecule has 1 saturated heterocycles. The van der Waals surface area contributed by atoms with E-state index in [2.05, 4.69) is 17.3 Å². The van der Waals surface area contributed by atoms with Crippen molar-refractivity contribution in [3.63, 3.8) is 0 Å². The van der Waals surface area contributed by atoms with Gasteiger partial charge < -0.3 is 19.4 Å². The largest absolute Gasteiger partial charge is 0.455 e. The van der Waals surface area contributed by atoms with Crippen LogP contribution in [0.25, 0.3) is 5.52 Å². The van der Waals surface area contributed by atoms with Crippen LogP contribution in [0.5, 0.6) is 5.75 Å². The summed E-state index contributed by atoms with van der Waals surface area (Å²) in [5.74, 6) is 1.77. The molecule has 0 saturated carbocycles. The van der Waals surface area contributed by atoms with Crippen LogP contribution < -0.4 is 10.1 Å². The number of pyridine rings is 1. The van der Waals surface area contributed by atoms with E-state index in [0.717, 1.165) is 41.9 Å². The maximum absolute atomic E-state index is 13.2. The Labute approximate surface area is 199 Å². The normalized spacial score (nSPS) is 21.8. The number of carbonyl (C=O) groups excluding carboxylic acids is 2. The van der Waals surface area contributed by atoms with Crippen molar-refractivity contribution in [3.8, 4) is 5.75 Å². The van der Waals surface area contributed by atoms with Gasteiger partial charge in [-0.25, -0.2) is 0 Å². The van der Waals surface area contributed by atoms with Gasteiger partial charge in [0.1, 0.15) is 17.1 Å². The number of likely N-dealkylation sites (tertiary alicyclic amines) is 1. The molecule has 3 aliphatic heterocycles. The zero-order chi connectivity index (χ0) is 24.0. The summed E-state index contributed by atoms with van der Waals surface area (Å²) in [5.41, 5.74) is 4.27. The smallest absolute Gasteiger partial charge is 0.268 e. The van der Waals surface area contributed by atoms with E-state index in [-0.39, 0.29) is 17.7 Å². The Hall–Kier alpha value is -3.55. The van der Waals surface area contributed by atoms with Gasteiger partial charge in [0, 0.05) is 43.5 Å². The van der Waals surface area contributed by atoms with Crippen molar-refractivity contribution in [1.82, 2.24) is 19.6 Å². The second-order valence-corrected chi connectivity index (χ2v) is 9.43. The lowest BCUT2D eigenvalue weighted by atomic mass is 10.0. The van der Waals surface area contributed by atoms with Crippen LogP contribution in [0.2, 0.25) is 0 Å². The number of nitrogens with one attached hydrogen (secondary N) is 1. The summed E-state index contributed by atoms with van der Waals surface area (Å²) in [6.07, 6.45) is 6.47. The third kappa shape index (κ3) is 3.77. The first-order chi connectivity index (χ1) is 16.4. The number of aryl methyl sites for hydroxylation is 1. The lowest BCUT2D eigenvalue weighted by molar-refractivity contribution is -0.133. The number of fused-ring (bicyclic) bond motifs is 2. The summed E-state index contributed by atoms with van der Waals surface area (Å²) in [5, 5.41) is 9.23. The summed E-state index contributed by atoms with van der Waals surface area (Å²) in [7, 11) is 0. The molecule has 1 fully saturated rings. The first-order valence-electron chi connectivity index (χ1n) is 12.0. The number of hydrogen-bond acceptors (Lipinski definition) is 5. The van der Waals surface area contributed by atoms with Gasteiger partial charge in [-0.05, 0) is 56.4 Å². The number of ether oxygens (including phenoxy) is 1. The molecule has 178 valence electrons. The van der Waals surface area contributed by atoms with Gasteiger partial charge in [0.2, 0.25) is 5.91 Å². The van der Waals surface area contributed by atoms with Crippen molar-refractivity contribution in [2.75, 3.05) is 26.2 Å². The third-order valence-corrected chi connectivity index (χ3v) is 6.92. The minimum absolute atomic E-state index is 0.0923. The Kier molecular flexibility index (Phi) is 5.67. The van der Waals surface area contributed by atoms with E-state index in [1.165, 1.54) is 0 Å². The van der Waals surface area contributed by atoms with Crippen LogP contribution in [0.1, 0.15) is 43.2 Å². The van der Waals surface area contributed by atoms with Crippen LogP contribution in [0.4, 0.5) is 0 Å². The molecule has 34 heavy (non-hydrogen) atoms. The number of hydrazone groups is 1. The molecule has 5 heterocycles. The first kappa shape index (κ1) is 22.3. The van der Waals surface area contributed by atoms with Crippen molar-refractivity contribution in [2.24, 2.45) is 16.9 Å². The molecule has 8 nitrogen and oxygen atoms in total. The van der Waals surface area contributed by atoms with E-state index in [0.29, 0.717) is 36.2 Å². The zero-order valence-electron chi connectivity index (χ0n) is 20.2. The van der Waals surface area contributed by atoms with E-state index in [4.69, 9.17) is 4.74 Å². The fourth-order valence-corrected chi connectivity index (χ4v) is 5.17. The van der Waals surface area contributed by atoms with Crippen LogP contribution in [-0.2, 0) is 4.79 Å². The molecule has 0 radical (unpaired) electrons. The van der Waals surface area contributed by atoms with Gasteiger partial charge in [0.05, 0.1) is 18.7 Å². The highest BCUT2D eigenvalue weighted by Gasteiger charge is 2.40. The predicted octanol–water partition coefficient (Wildman–Crippen LogP) is 3.33. The highest BCUT2D eigenvalue weighted by molar-refractivity contribution is 5.95. The number of aromatic nitrogens is 1. The number of allylic oxidation sites excluding steroid dienone is 1. The van der Waals surface area contributed by atoms with Crippen LogP contribution in [0, 0.1) is 18.8 Å². The quantitative estimate of drug-likeness (QED) is 0.741. The Bertz CT molecular complexity index is 1250. The van der Waals surface area contributed by atoms with E-state index < -0.39 is 0 Å². The van der Waals surface area contributed by atoms with Gasteiger partial charge in [-0.15, -0.1) is 0 Å². The summed E-state index contributed by atoms with van der Waals surface area (Å²) in [6, 6.07) is 5.75. The molecule has 3 aliphatic rings. The summed E-state index contributed by atoms with van der Waals surface area (Å²) >= 11 is 0. The van der Waals surface area contributed by atoms with Crippen molar-refractivity contribution in [1.29, 1.82) is 0 Å². The fraction of sp³-hybridized carbons (Fsp3) is 0.423. The maximum Gasteiger partial charge on any atom is 0.268 e. The molecule has 2 aromatic rings. The van der Waals surface area contributed by atoms with E-state index >= 15 is 0 Å². The first-order valence-corrected chi connectivity index (χ1v) is 12.0. The highest BCUT2D eigenvalue weighted by Crippen LogP contribution is 2.37. The lowest BCUT2D eigenvalue weighted by Crippen LogP contribution is -2.36. The number of rotatable bonds is 5. The Morgan fingerprint density at radius 1 is 1.24 bits per heavy atom. The monoisotopic (exact) mass is 461 g/mol. The molecule has 0 aromatic carbocycles. The number of amides is 2. The lowest BCUT2D eigenvalue weighted by Gasteiger charge is -2.23. The summed E-state index contributed by atoms with van der Waals surface area (Å²) in [4.78, 5) is 27.7. The van der Waals surface area contributed by atoms with Gasteiger partial charge in [0.25, 0.3) is 5.91 Å². The minimum Gasteiger partial charge on any atom is -0.455 e. The third-order valence-electron chi connectivity index (χ3n) is 6.92. The average molecular weight is 462 g/mol. The second-order valence-electron chi connectivity index (χ2n) is 9.43. The molecule has 0 bridgehead atoms. The molecular formula is C26H31N5O3. The standard InChI is InChI=1S/C26H31N5O3/c1-5-27-25(32)23-17(3)12-19-13-20(8-11-30(19)23)34-22-6-9-28-31-15-21(18(4)24(22)31)26(33)29-10-7-16(2)14-29/h6,8-9,11-13,16,21H,5,7,10,14-15H2,1-4H3,(H,27,32). The molecule has 0 spiro atoms. The molecule has 2 atom stereocenters. The van der Waals surface area contributed by atoms with Crippen molar-refractivity contribution < 1.29 is 14.3 Å². The topological polar surface area (TPSA) is 78.6 Å². The van der Waals surface area contributed by atoms with Crippen LogP contribution >= 0.6 is 0 Å². The Morgan fingerprint density at radius 3 is 2.79 bits per heavy atom. The van der Waals surface area contributed by atoms with Gasteiger partial charge in [-0.3, -0.25) is 14.6 Å². The molecule has 1 N–H and O–H groups in total. The van der Waals surface area contributed by atoms with Gasteiger partial charge >= 0.3 is 0 Å². The number of nitrogens with zero attached hydrogens (tertiary/aromatic N) is 4. The maximum atomic E-state index is 13.2. The van der Waals surface area contributed by atoms with Crippen LogP contribution in [0.3, 0.4) is 0 Å². The highest BCUT2D eigenvalue weighted by atomic mass is 16.5. The van der Waals surface area contributed by atoms with Crippen molar-refractivity contribution in [2.45, 2.75) is 34.1 Å². The molecule has 2 unspecified atom stereocenters. The Morgan fingerprint density at radius 2 is 2.06 bits per heavy atom. The second kappa shape index (κ2) is 8.66. The van der Waals surface area contributed by atoms with E-state index in [9.17, 15) is 9.59 Å². The Balaban J connectivity index is 1.40. The fourth-order valence-electron chi connectivity index (χ4n) is 5.17. The number of carbonyl (C=O) groups is 2. The molecule has 2 amide bonds. The molecule has 2 aromatic heterocycles. The molecule has 5 rings (SSSR count). The predicted molar refractivity (Wildman–Crippen MR) is 131 cm³/mol. The molecule has 0 aliphatic carbocycles. The van der Waals surface area contributed by atoms with Gasteiger partial charge in [0.15, 0.2) is 5.76 Å². The SMILES string of the molecule is CCNC(=O)c1c(C)cc2cc(OC3=CC=NN4CC(C(=O)N5CCC(C)C5)C(C)=C34)ccn12. The van der Waals surface area contributed by atoms with Crippen LogP contribution in [0.15, 0.2) is 52.6 Å². The van der Waals surface area contributed by atoms with Gasteiger partial charge in [-0.2, -0.15) is 5.10 Å². The van der Waals surface area contributed by atoms with Gasteiger partial charge in [-0.1, -0.05) is 6.92 Å². The number of hydrogen-bond donors (Lipinski definition) is 1. The molecular weight excluding hydrogens is 430 g/mol. The average Bonchev–Trinajstić information content (AvgIpc) is 3.48. The summed E-state index contributed by atoms with van der Waals surface area (Å²) < 4.78 is 8.18. The van der Waals surface area contributed by atoms with Crippen molar-refractivity contribution in [3.05, 3.63) is 58.8 Å². The van der Waals surface area contributed by atoms with Crippen LogP contribution in [-0.4, -0.2) is 58.5 Å². The van der Waals surface area contributed by atoms with E-state index in [1.807, 2.05) is 65.6 Å². The zero-order valence-corrected chi connectivity index (χ0v) is 20.2. The summed E-state index contributed by atoms with van der Waals surface area (Å²) in [6.45, 7) is 10.8. The van der Waals surface area contributed by atoms with E-state index in [1.54, 1.807) is 6.21 Å². The van der Waals surface area contributed by atoms with Crippen molar-refractivity contribution >= 4 is 23.5 Å².